The molecule has 0 spiro atoms. The molecule has 0 saturated carbocycles. The summed E-state index contributed by atoms with van der Waals surface area (Å²) < 4.78 is 31.1. The molecular formula is C19H27N3O5S. The molecule has 2 atom stereocenters. The van der Waals surface area contributed by atoms with Crippen LogP contribution in [0.2, 0.25) is 0 Å². The molecule has 2 heterocycles. The minimum atomic E-state index is -3.56. The van der Waals surface area contributed by atoms with Crippen LogP contribution >= 0.6 is 0 Å². The number of sulfonamides is 1. The van der Waals surface area contributed by atoms with Crippen molar-refractivity contribution >= 4 is 21.8 Å². The number of nitrogens with zero attached hydrogens (tertiary/aromatic N) is 2. The van der Waals surface area contributed by atoms with Crippen LogP contribution in [0, 0.1) is 0 Å². The van der Waals surface area contributed by atoms with E-state index in [-0.39, 0.29) is 36.8 Å². The Kier molecular flexibility index (Phi) is 6.69. The zero-order chi connectivity index (χ0) is 20.1. The van der Waals surface area contributed by atoms with E-state index in [1.54, 1.807) is 0 Å². The molecule has 2 amide bonds. The minimum absolute atomic E-state index is 0.0552. The Morgan fingerprint density at radius 3 is 2.75 bits per heavy atom. The van der Waals surface area contributed by atoms with Gasteiger partial charge in [-0.05, 0) is 18.4 Å². The maximum absolute atomic E-state index is 12.8. The maximum Gasteiger partial charge on any atom is 0.253 e. The average Bonchev–Trinajstić information content (AvgIpc) is 3.04. The Labute approximate surface area is 165 Å². The highest BCUT2D eigenvalue weighted by Gasteiger charge is 2.44. The average molecular weight is 410 g/mol. The molecule has 2 aliphatic rings. The van der Waals surface area contributed by atoms with Gasteiger partial charge >= 0.3 is 0 Å². The molecule has 8 nitrogen and oxygen atoms in total. The van der Waals surface area contributed by atoms with Crippen molar-refractivity contribution in [2.24, 2.45) is 0 Å². The van der Waals surface area contributed by atoms with Gasteiger partial charge in [-0.15, -0.1) is 0 Å². The zero-order valence-electron chi connectivity index (χ0n) is 16.0. The number of hydrogen-bond acceptors (Lipinski definition) is 6. The predicted octanol–water partition coefficient (Wildman–Crippen LogP) is 0.344. The summed E-state index contributed by atoms with van der Waals surface area (Å²) in [4.78, 5) is 26.8. The van der Waals surface area contributed by atoms with E-state index in [1.807, 2.05) is 42.2 Å². The molecule has 28 heavy (non-hydrogen) atoms. The molecule has 0 aliphatic carbocycles. The van der Waals surface area contributed by atoms with Crippen LogP contribution in [-0.2, 0) is 31.0 Å². The van der Waals surface area contributed by atoms with Gasteiger partial charge < -0.3 is 10.1 Å². The van der Waals surface area contributed by atoms with Crippen molar-refractivity contribution in [2.45, 2.75) is 38.5 Å². The standard InChI is InChI=1S/C19H27N3O5S/c1-2-8-22-19(24)17-11-16(12-21(17)9-10-28(22,25)26)20-18(23)14-27-13-15-6-4-3-5-7-15/h3-7,16-17H,2,8-14H2,1H3,(H,20,23)/t16-,17-/m0/s1. The first kappa shape index (κ1) is 20.8. The third-order valence-corrected chi connectivity index (χ3v) is 6.78. The Morgan fingerprint density at radius 1 is 1.29 bits per heavy atom. The number of fused-ring (bicyclic) bond motifs is 1. The van der Waals surface area contributed by atoms with Gasteiger partial charge in [0.25, 0.3) is 5.91 Å². The van der Waals surface area contributed by atoms with E-state index in [9.17, 15) is 18.0 Å². The second-order valence-electron chi connectivity index (χ2n) is 7.22. The van der Waals surface area contributed by atoms with Crippen molar-refractivity contribution in [3.8, 4) is 0 Å². The van der Waals surface area contributed by atoms with Gasteiger partial charge in [0.1, 0.15) is 6.61 Å². The van der Waals surface area contributed by atoms with E-state index in [0.29, 0.717) is 32.5 Å². The molecule has 154 valence electrons. The van der Waals surface area contributed by atoms with Crippen LogP contribution in [-0.4, -0.2) is 73.5 Å². The number of carbonyl (C=O) groups excluding carboxylic acids is 2. The van der Waals surface area contributed by atoms with Gasteiger partial charge in [0.15, 0.2) is 0 Å². The smallest absolute Gasteiger partial charge is 0.253 e. The van der Waals surface area contributed by atoms with E-state index in [2.05, 4.69) is 5.32 Å². The van der Waals surface area contributed by atoms with Crippen molar-refractivity contribution in [3.63, 3.8) is 0 Å². The van der Waals surface area contributed by atoms with E-state index < -0.39 is 16.1 Å². The Bertz CT molecular complexity index is 799. The summed E-state index contributed by atoms with van der Waals surface area (Å²) in [5.74, 6) is -0.684. The highest BCUT2D eigenvalue weighted by atomic mass is 32.2. The fraction of sp³-hybridized carbons (Fsp3) is 0.579. The van der Waals surface area contributed by atoms with Gasteiger partial charge in [-0.25, -0.2) is 12.7 Å². The van der Waals surface area contributed by atoms with Crippen LogP contribution in [0.25, 0.3) is 0 Å². The van der Waals surface area contributed by atoms with Crippen LogP contribution < -0.4 is 5.32 Å². The third kappa shape index (κ3) is 4.89. The number of carbonyl (C=O) groups is 2. The van der Waals surface area contributed by atoms with Crippen molar-refractivity contribution < 1.29 is 22.7 Å². The van der Waals surface area contributed by atoms with E-state index in [4.69, 9.17) is 4.74 Å². The second-order valence-corrected chi connectivity index (χ2v) is 9.23. The van der Waals surface area contributed by atoms with Crippen molar-refractivity contribution in [3.05, 3.63) is 35.9 Å². The maximum atomic E-state index is 12.8. The van der Waals surface area contributed by atoms with Gasteiger partial charge in [-0.2, -0.15) is 0 Å². The second kappa shape index (κ2) is 9.02. The molecule has 9 heteroatoms. The molecule has 1 N–H and O–H groups in total. The minimum Gasteiger partial charge on any atom is -0.367 e. The first-order chi connectivity index (χ1) is 13.4. The third-order valence-electron chi connectivity index (χ3n) is 5.04. The quantitative estimate of drug-likeness (QED) is 0.698. The SMILES string of the molecule is CCCN1C(=O)[C@@H]2C[C@H](NC(=O)COCc3ccccc3)CN2CCS1(=O)=O. The summed E-state index contributed by atoms with van der Waals surface area (Å²) in [6.07, 6.45) is 0.996. The van der Waals surface area contributed by atoms with E-state index in [1.165, 1.54) is 0 Å². The zero-order valence-corrected chi connectivity index (χ0v) is 16.9. The monoisotopic (exact) mass is 409 g/mol. The molecule has 2 fully saturated rings. The summed E-state index contributed by atoms with van der Waals surface area (Å²) in [6.45, 7) is 3.12. The van der Waals surface area contributed by atoms with Gasteiger partial charge in [-0.1, -0.05) is 37.3 Å². The number of ether oxygens (including phenoxy) is 1. The Balaban J connectivity index is 1.52. The molecular weight excluding hydrogens is 382 g/mol. The molecule has 0 radical (unpaired) electrons. The summed E-state index contributed by atoms with van der Waals surface area (Å²) in [5.41, 5.74) is 0.993. The molecule has 2 saturated heterocycles. The summed E-state index contributed by atoms with van der Waals surface area (Å²) in [6, 6.07) is 8.91. The first-order valence-corrected chi connectivity index (χ1v) is 11.2. The van der Waals surface area contributed by atoms with Crippen LogP contribution in [0.3, 0.4) is 0 Å². The van der Waals surface area contributed by atoms with Crippen molar-refractivity contribution in [1.82, 2.24) is 14.5 Å². The van der Waals surface area contributed by atoms with Crippen molar-refractivity contribution in [1.29, 1.82) is 0 Å². The summed E-state index contributed by atoms with van der Waals surface area (Å²) in [5, 5.41) is 2.90. The fourth-order valence-electron chi connectivity index (χ4n) is 3.72. The van der Waals surface area contributed by atoms with E-state index >= 15 is 0 Å². The van der Waals surface area contributed by atoms with E-state index in [0.717, 1.165) is 9.87 Å². The number of benzene rings is 1. The fourth-order valence-corrected chi connectivity index (χ4v) is 5.26. The summed E-state index contributed by atoms with van der Waals surface area (Å²) in [7, 11) is -3.56. The predicted molar refractivity (Wildman–Crippen MR) is 104 cm³/mol. The molecule has 1 aromatic rings. The van der Waals surface area contributed by atoms with Gasteiger partial charge in [0.05, 0.1) is 18.4 Å². The van der Waals surface area contributed by atoms with Gasteiger partial charge in [-0.3, -0.25) is 14.5 Å². The molecule has 2 aliphatic heterocycles. The molecule has 3 rings (SSSR count). The van der Waals surface area contributed by atoms with Crippen molar-refractivity contribution in [2.75, 3.05) is 32.0 Å². The molecule has 1 aromatic carbocycles. The van der Waals surface area contributed by atoms with Crippen LogP contribution in [0.4, 0.5) is 0 Å². The Hall–Kier alpha value is -1.97. The molecule has 0 unspecified atom stereocenters. The molecule has 0 aromatic heterocycles. The lowest BCUT2D eigenvalue weighted by molar-refractivity contribution is -0.131. The molecule has 0 bridgehead atoms. The largest absolute Gasteiger partial charge is 0.367 e. The lowest BCUT2D eigenvalue weighted by Crippen LogP contribution is -2.44. The Morgan fingerprint density at radius 2 is 2.04 bits per heavy atom. The lowest BCUT2D eigenvalue weighted by atomic mass is 10.1. The normalized spacial score (nSPS) is 24.6. The van der Waals surface area contributed by atoms with Crippen LogP contribution in [0.1, 0.15) is 25.3 Å². The van der Waals surface area contributed by atoms with Gasteiger partial charge in [0, 0.05) is 25.7 Å². The lowest BCUT2D eigenvalue weighted by Gasteiger charge is -2.23. The topological polar surface area (TPSA) is 96.0 Å². The number of amides is 2. The number of hydrogen-bond donors (Lipinski definition) is 1. The van der Waals surface area contributed by atoms with Gasteiger partial charge in [0.2, 0.25) is 15.9 Å². The van der Waals surface area contributed by atoms with Crippen LogP contribution in [0.15, 0.2) is 30.3 Å². The highest BCUT2D eigenvalue weighted by Crippen LogP contribution is 2.24. The number of rotatable bonds is 7. The number of nitrogens with one attached hydrogen (secondary N) is 1. The highest BCUT2D eigenvalue weighted by molar-refractivity contribution is 7.89. The summed E-state index contributed by atoms with van der Waals surface area (Å²) >= 11 is 0. The van der Waals surface area contributed by atoms with Crippen LogP contribution in [0.5, 0.6) is 0 Å². The first-order valence-electron chi connectivity index (χ1n) is 9.60.